The van der Waals surface area contributed by atoms with E-state index in [4.69, 9.17) is 11.6 Å². The molecule has 2 atom stereocenters. The zero-order chi connectivity index (χ0) is 12.3. The van der Waals surface area contributed by atoms with E-state index in [1.165, 1.54) is 19.3 Å². The first kappa shape index (κ1) is 13.4. The lowest BCUT2D eigenvalue weighted by Crippen LogP contribution is -2.23. The molecule has 2 unspecified atom stereocenters. The fraction of sp³-hybridized carbons (Fsp3) is 0.714. The van der Waals surface area contributed by atoms with Crippen molar-refractivity contribution in [3.8, 4) is 0 Å². The van der Waals surface area contributed by atoms with Crippen LogP contribution in [0.25, 0.3) is 0 Å². The van der Waals surface area contributed by atoms with Crippen LogP contribution >= 0.6 is 22.9 Å². The van der Waals surface area contributed by atoms with Gasteiger partial charge in [0.25, 0.3) is 0 Å². The smallest absolute Gasteiger partial charge is 0.100 e. The number of halogens is 1. The average Bonchev–Trinajstić information content (AvgIpc) is 2.64. The van der Waals surface area contributed by atoms with E-state index in [1.807, 2.05) is 11.4 Å². The second-order valence-corrected chi connectivity index (χ2v) is 6.54. The molecule has 0 radical (unpaired) electrons. The molecule has 0 spiro atoms. The molecule has 0 amide bonds. The summed E-state index contributed by atoms with van der Waals surface area (Å²) in [5.41, 5.74) is -0.659. The first-order chi connectivity index (χ1) is 8.15. The Hall–Kier alpha value is -0.0500. The molecule has 0 saturated heterocycles. The van der Waals surface area contributed by atoms with Crippen molar-refractivity contribution in [1.29, 1.82) is 0 Å². The number of thiophene rings is 1. The first-order valence-corrected chi connectivity index (χ1v) is 7.87. The van der Waals surface area contributed by atoms with Crippen molar-refractivity contribution in [3.63, 3.8) is 0 Å². The van der Waals surface area contributed by atoms with Crippen LogP contribution < -0.4 is 0 Å². The van der Waals surface area contributed by atoms with E-state index < -0.39 is 5.60 Å². The number of hydrogen-bond donors (Lipinski definition) is 1. The monoisotopic (exact) mass is 272 g/mol. The second-order valence-electron chi connectivity index (χ2n) is 5.21. The Kier molecular flexibility index (Phi) is 4.51. The Balaban J connectivity index is 2.09. The van der Waals surface area contributed by atoms with Crippen molar-refractivity contribution < 1.29 is 5.11 Å². The lowest BCUT2D eigenvalue weighted by Gasteiger charge is -2.26. The minimum absolute atomic E-state index is 0.659. The SMILES string of the molecule is CCCC1CCCC(O)(c2sccc2Cl)CC1. The van der Waals surface area contributed by atoms with Gasteiger partial charge in [0.2, 0.25) is 0 Å². The topological polar surface area (TPSA) is 20.2 Å². The Morgan fingerprint density at radius 2 is 2.29 bits per heavy atom. The maximum absolute atomic E-state index is 10.8. The molecule has 1 aromatic rings. The van der Waals surface area contributed by atoms with Crippen LogP contribution in [-0.4, -0.2) is 5.11 Å². The molecule has 17 heavy (non-hydrogen) atoms. The van der Waals surface area contributed by atoms with Gasteiger partial charge in [-0.25, -0.2) is 0 Å². The fourth-order valence-corrected chi connectivity index (χ4v) is 4.34. The summed E-state index contributed by atoms with van der Waals surface area (Å²) >= 11 is 7.76. The van der Waals surface area contributed by atoms with Crippen LogP contribution in [0.3, 0.4) is 0 Å². The third kappa shape index (κ3) is 3.04. The third-order valence-corrected chi connectivity index (χ3v) is 5.44. The Morgan fingerprint density at radius 1 is 1.47 bits per heavy atom. The van der Waals surface area contributed by atoms with Gasteiger partial charge < -0.3 is 5.11 Å². The van der Waals surface area contributed by atoms with Gasteiger partial charge in [0, 0.05) is 0 Å². The zero-order valence-corrected chi connectivity index (χ0v) is 12.0. The predicted molar refractivity (Wildman–Crippen MR) is 74.7 cm³/mol. The molecular weight excluding hydrogens is 252 g/mol. The van der Waals surface area contributed by atoms with E-state index in [9.17, 15) is 5.11 Å². The largest absolute Gasteiger partial charge is 0.384 e. The molecular formula is C14H21ClOS. The summed E-state index contributed by atoms with van der Waals surface area (Å²) in [6.45, 7) is 2.24. The van der Waals surface area contributed by atoms with E-state index in [1.54, 1.807) is 11.3 Å². The third-order valence-electron chi connectivity index (χ3n) is 3.91. The second kappa shape index (κ2) is 5.73. The van der Waals surface area contributed by atoms with Gasteiger partial charge in [-0.05, 0) is 43.0 Å². The molecule has 3 heteroatoms. The van der Waals surface area contributed by atoms with E-state index >= 15 is 0 Å². The van der Waals surface area contributed by atoms with E-state index in [-0.39, 0.29) is 0 Å². The molecule has 1 aliphatic rings. The molecule has 1 aliphatic carbocycles. The molecule has 1 N–H and O–H groups in total. The lowest BCUT2D eigenvalue weighted by atomic mass is 9.91. The maximum Gasteiger partial charge on any atom is 0.100 e. The van der Waals surface area contributed by atoms with Gasteiger partial charge in [0.1, 0.15) is 5.60 Å². The summed E-state index contributed by atoms with van der Waals surface area (Å²) in [7, 11) is 0. The van der Waals surface area contributed by atoms with Gasteiger partial charge in [-0.1, -0.05) is 37.8 Å². The molecule has 2 rings (SSSR count). The van der Waals surface area contributed by atoms with Crippen molar-refractivity contribution in [2.24, 2.45) is 5.92 Å². The van der Waals surface area contributed by atoms with Gasteiger partial charge in [-0.2, -0.15) is 0 Å². The highest BCUT2D eigenvalue weighted by atomic mass is 35.5. The summed E-state index contributed by atoms with van der Waals surface area (Å²) in [6, 6.07) is 1.90. The van der Waals surface area contributed by atoms with Crippen LogP contribution in [0.1, 0.15) is 56.7 Å². The van der Waals surface area contributed by atoms with Gasteiger partial charge in [0.05, 0.1) is 9.90 Å². The van der Waals surface area contributed by atoms with Gasteiger partial charge in [0.15, 0.2) is 0 Å². The van der Waals surface area contributed by atoms with Crippen molar-refractivity contribution in [2.75, 3.05) is 0 Å². The molecule has 1 heterocycles. The number of hydrogen-bond acceptors (Lipinski definition) is 2. The van der Waals surface area contributed by atoms with Crippen LogP contribution in [0, 0.1) is 5.92 Å². The quantitative estimate of drug-likeness (QED) is 0.771. The van der Waals surface area contributed by atoms with Crippen molar-refractivity contribution in [2.45, 2.75) is 57.5 Å². The average molecular weight is 273 g/mol. The summed E-state index contributed by atoms with van der Waals surface area (Å²) in [6.07, 6.45) is 7.82. The highest BCUT2D eigenvalue weighted by molar-refractivity contribution is 7.10. The summed E-state index contributed by atoms with van der Waals surface area (Å²) in [5.74, 6) is 0.799. The minimum Gasteiger partial charge on any atom is -0.384 e. The summed E-state index contributed by atoms with van der Waals surface area (Å²) in [4.78, 5) is 0.983. The lowest BCUT2D eigenvalue weighted by molar-refractivity contribution is 0.0233. The fourth-order valence-electron chi connectivity index (χ4n) is 2.95. The van der Waals surface area contributed by atoms with Crippen LogP contribution in [0.4, 0.5) is 0 Å². The molecule has 0 bridgehead atoms. The van der Waals surface area contributed by atoms with E-state index in [0.29, 0.717) is 0 Å². The highest BCUT2D eigenvalue weighted by Crippen LogP contribution is 2.43. The Morgan fingerprint density at radius 3 is 2.94 bits per heavy atom. The van der Waals surface area contributed by atoms with Gasteiger partial charge >= 0.3 is 0 Å². The number of aliphatic hydroxyl groups is 1. The van der Waals surface area contributed by atoms with E-state index in [2.05, 4.69) is 6.92 Å². The summed E-state index contributed by atoms with van der Waals surface area (Å²) in [5, 5.41) is 13.5. The maximum atomic E-state index is 10.8. The molecule has 1 aromatic heterocycles. The first-order valence-electron chi connectivity index (χ1n) is 6.61. The molecule has 0 aliphatic heterocycles. The van der Waals surface area contributed by atoms with Crippen molar-refractivity contribution in [1.82, 2.24) is 0 Å². The molecule has 1 fully saturated rings. The van der Waals surface area contributed by atoms with Crippen LogP contribution in [-0.2, 0) is 5.60 Å². The van der Waals surface area contributed by atoms with Gasteiger partial charge in [-0.15, -0.1) is 11.3 Å². The Labute approximate surface area is 113 Å². The molecule has 1 nitrogen and oxygen atoms in total. The predicted octanol–water partition coefficient (Wildman–Crippen LogP) is 4.97. The minimum atomic E-state index is -0.659. The van der Waals surface area contributed by atoms with Gasteiger partial charge in [-0.3, -0.25) is 0 Å². The normalized spacial score (nSPS) is 30.2. The molecule has 0 aromatic carbocycles. The zero-order valence-electron chi connectivity index (χ0n) is 10.4. The van der Waals surface area contributed by atoms with Crippen LogP contribution in [0.15, 0.2) is 11.4 Å². The molecule has 1 saturated carbocycles. The van der Waals surface area contributed by atoms with Crippen molar-refractivity contribution >= 4 is 22.9 Å². The van der Waals surface area contributed by atoms with E-state index in [0.717, 1.165) is 41.5 Å². The summed E-state index contributed by atoms with van der Waals surface area (Å²) < 4.78 is 0. The molecule has 96 valence electrons. The van der Waals surface area contributed by atoms with Crippen LogP contribution in [0.2, 0.25) is 5.02 Å². The highest BCUT2D eigenvalue weighted by Gasteiger charge is 2.34. The Bertz CT molecular complexity index is 363. The number of rotatable bonds is 3. The van der Waals surface area contributed by atoms with Crippen LogP contribution in [0.5, 0.6) is 0 Å². The standard InChI is InChI=1S/C14H21ClOS/c1-2-4-11-5-3-8-14(16,9-6-11)13-12(15)7-10-17-13/h7,10-11,16H,2-6,8-9H2,1H3. The van der Waals surface area contributed by atoms with Crippen molar-refractivity contribution in [3.05, 3.63) is 21.3 Å².